The van der Waals surface area contributed by atoms with Crippen LogP contribution in [0, 0.1) is 0 Å². The lowest BCUT2D eigenvalue weighted by atomic mass is 10.3. The fraction of sp³-hybridized carbons (Fsp3) is 0.455. The highest BCUT2D eigenvalue weighted by molar-refractivity contribution is 7.90. The third-order valence-electron chi connectivity index (χ3n) is 2.56. The topological polar surface area (TPSA) is 61.4 Å². The zero-order chi connectivity index (χ0) is 12.5. The van der Waals surface area contributed by atoms with Crippen LogP contribution in [0.5, 0.6) is 0 Å². The van der Waals surface area contributed by atoms with E-state index >= 15 is 0 Å². The number of hydrogen-bond acceptors (Lipinski definition) is 3. The van der Waals surface area contributed by atoms with Crippen molar-refractivity contribution in [2.24, 2.45) is 0 Å². The Hall–Kier alpha value is -1.27. The minimum atomic E-state index is -3.41. The third kappa shape index (κ3) is 3.34. The molecule has 5 nitrogen and oxygen atoms in total. The summed E-state index contributed by atoms with van der Waals surface area (Å²) in [6, 6.07) is 7.87. The number of rotatable bonds is 5. The number of nitrogens with zero attached hydrogens (tertiary/aromatic N) is 1. The maximum absolute atomic E-state index is 11.6. The minimum Gasteiger partial charge on any atom is -0.382 e. The molecule has 1 aromatic carbocycles. The summed E-state index contributed by atoms with van der Waals surface area (Å²) in [7, 11) is -0.429. The SMILES string of the molecule is CN(C)S(=O)(=O)Nc1ccc(NC2CC2)cc1. The van der Waals surface area contributed by atoms with Crippen LogP contribution in [0.25, 0.3) is 0 Å². The first-order valence-corrected chi connectivity index (χ1v) is 6.98. The Morgan fingerprint density at radius 1 is 1.12 bits per heavy atom. The van der Waals surface area contributed by atoms with Gasteiger partial charge in [0.25, 0.3) is 0 Å². The molecule has 2 N–H and O–H groups in total. The van der Waals surface area contributed by atoms with Crippen LogP contribution in [0.4, 0.5) is 11.4 Å². The van der Waals surface area contributed by atoms with E-state index in [4.69, 9.17) is 0 Å². The number of benzene rings is 1. The highest BCUT2D eigenvalue weighted by Crippen LogP contribution is 2.25. The Balaban J connectivity index is 2.02. The standard InChI is InChI=1S/C11H17N3O2S/c1-14(2)17(15,16)13-11-7-5-10(6-8-11)12-9-3-4-9/h5-9,12-13H,3-4H2,1-2H3. The van der Waals surface area contributed by atoms with Gasteiger partial charge in [0, 0.05) is 31.5 Å². The zero-order valence-corrected chi connectivity index (χ0v) is 10.8. The van der Waals surface area contributed by atoms with E-state index in [2.05, 4.69) is 10.0 Å². The highest BCUT2D eigenvalue weighted by atomic mass is 32.2. The largest absolute Gasteiger partial charge is 0.382 e. The predicted molar refractivity (Wildman–Crippen MR) is 69.3 cm³/mol. The van der Waals surface area contributed by atoms with E-state index < -0.39 is 10.2 Å². The van der Waals surface area contributed by atoms with Crippen molar-refractivity contribution in [2.75, 3.05) is 24.1 Å². The van der Waals surface area contributed by atoms with Crippen molar-refractivity contribution in [3.05, 3.63) is 24.3 Å². The first-order chi connectivity index (χ1) is 7.97. The molecule has 0 heterocycles. The molecule has 2 rings (SSSR count). The molecule has 1 aromatic rings. The van der Waals surface area contributed by atoms with Gasteiger partial charge in [0.15, 0.2) is 0 Å². The van der Waals surface area contributed by atoms with Gasteiger partial charge in [-0.05, 0) is 37.1 Å². The number of anilines is 2. The summed E-state index contributed by atoms with van der Waals surface area (Å²) >= 11 is 0. The molecule has 0 amide bonds. The van der Waals surface area contributed by atoms with Gasteiger partial charge in [0.05, 0.1) is 0 Å². The summed E-state index contributed by atoms with van der Waals surface area (Å²) in [5.41, 5.74) is 1.60. The van der Waals surface area contributed by atoms with Crippen LogP contribution in [0.15, 0.2) is 24.3 Å². The molecule has 94 valence electrons. The minimum absolute atomic E-state index is 0.569. The lowest BCUT2D eigenvalue weighted by molar-refractivity contribution is 0.527. The average molecular weight is 255 g/mol. The van der Waals surface area contributed by atoms with Gasteiger partial charge in [-0.3, -0.25) is 4.72 Å². The number of hydrogen-bond donors (Lipinski definition) is 2. The fourth-order valence-electron chi connectivity index (χ4n) is 1.34. The zero-order valence-electron chi connectivity index (χ0n) is 9.97. The van der Waals surface area contributed by atoms with Gasteiger partial charge in [-0.1, -0.05) is 0 Å². The average Bonchev–Trinajstić information content (AvgIpc) is 3.04. The molecule has 17 heavy (non-hydrogen) atoms. The Bertz CT molecular complexity index is 478. The van der Waals surface area contributed by atoms with Crippen LogP contribution in [-0.2, 0) is 10.2 Å². The fourth-order valence-corrected chi connectivity index (χ4v) is 1.95. The van der Waals surface area contributed by atoms with E-state index in [1.54, 1.807) is 12.1 Å². The molecule has 0 saturated heterocycles. The van der Waals surface area contributed by atoms with E-state index in [-0.39, 0.29) is 0 Å². The molecule has 0 aliphatic heterocycles. The lowest BCUT2D eigenvalue weighted by Gasteiger charge is -2.13. The maximum Gasteiger partial charge on any atom is 0.301 e. The maximum atomic E-state index is 11.6. The first kappa shape index (κ1) is 12.2. The Labute approximate surface area is 102 Å². The van der Waals surface area contributed by atoms with E-state index in [9.17, 15) is 8.42 Å². The normalized spacial score (nSPS) is 15.9. The summed E-state index contributed by atoms with van der Waals surface area (Å²) in [6.07, 6.45) is 2.43. The molecular weight excluding hydrogens is 238 g/mol. The molecule has 0 spiro atoms. The first-order valence-electron chi connectivity index (χ1n) is 5.54. The smallest absolute Gasteiger partial charge is 0.301 e. The molecule has 1 saturated carbocycles. The molecule has 0 aromatic heterocycles. The van der Waals surface area contributed by atoms with Crippen LogP contribution in [0.3, 0.4) is 0 Å². The molecule has 0 atom stereocenters. The molecule has 6 heteroatoms. The van der Waals surface area contributed by atoms with Crippen molar-refractivity contribution < 1.29 is 8.42 Å². The van der Waals surface area contributed by atoms with Crippen molar-refractivity contribution >= 4 is 21.6 Å². The lowest BCUT2D eigenvalue weighted by Crippen LogP contribution is -2.28. The van der Waals surface area contributed by atoms with Crippen LogP contribution < -0.4 is 10.0 Å². The second-order valence-electron chi connectivity index (χ2n) is 4.39. The molecule has 0 bridgehead atoms. The molecule has 1 aliphatic rings. The quantitative estimate of drug-likeness (QED) is 0.837. The summed E-state index contributed by atoms with van der Waals surface area (Å²) in [5.74, 6) is 0. The van der Waals surface area contributed by atoms with Crippen molar-refractivity contribution in [1.29, 1.82) is 0 Å². The Morgan fingerprint density at radius 3 is 2.12 bits per heavy atom. The Kier molecular flexibility index (Phi) is 3.26. The van der Waals surface area contributed by atoms with Crippen LogP contribution in [0.1, 0.15) is 12.8 Å². The summed E-state index contributed by atoms with van der Waals surface area (Å²) < 4.78 is 26.8. The van der Waals surface area contributed by atoms with Gasteiger partial charge >= 0.3 is 10.2 Å². The molecule has 0 radical (unpaired) electrons. The van der Waals surface area contributed by atoms with Crippen molar-refractivity contribution in [2.45, 2.75) is 18.9 Å². The molecule has 1 aliphatic carbocycles. The van der Waals surface area contributed by atoms with Crippen molar-refractivity contribution in [1.82, 2.24) is 4.31 Å². The van der Waals surface area contributed by atoms with Crippen molar-refractivity contribution in [3.8, 4) is 0 Å². The molecular formula is C11H17N3O2S. The van der Waals surface area contributed by atoms with Gasteiger partial charge in [-0.2, -0.15) is 12.7 Å². The predicted octanol–water partition coefficient (Wildman–Crippen LogP) is 1.48. The second kappa shape index (κ2) is 4.54. The monoisotopic (exact) mass is 255 g/mol. The van der Waals surface area contributed by atoms with E-state index in [0.717, 1.165) is 9.99 Å². The van der Waals surface area contributed by atoms with Gasteiger partial charge < -0.3 is 5.32 Å². The van der Waals surface area contributed by atoms with Gasteiger partial charge in [0.2, 0.25) is 0 Å². The summed E-state index contributed by atoms with van der Waals surface area (Å²) in [4.78, 5) is 0. The molecule has 0 unspecified atom stereocenters. The number of nitrogens with one attached hydrogen (secondary N) is 2. The van der Waals surface area contributed by atoms with E-state index in [1.807, 2.05) is 12.1 Å². The second-order valence-corrected chi connectivity index (χ2v) is 6.27. The highest BCUT2D eigenvalue weighted by Gasteiger charge is 2.20. The van der Waals surface area contributed by atoms with E-state index in [0.29, 0.717) is 11.7 Å². The van der Waals surface area contributed by atoms with E-state index in [1.165, 1.54) is 26.9 Å². The third-order valence-corrected chi connectivity index (χ3v) is 4.02. The van der Waals surface area contributed by atoms with Crippen LogP contribution in [0.2, 0.25) is 0 Å². The summed E-state index contributed by atoms with van der Waals surface area (Å²) in [5, 5.41) is 3.34. The van der Waals surface area contributed by atoms with Crippen LogP contribution >= 0.6 is 0 Å². The summed E-state index contributed by atoms with van der Waals surface area (Å²) in [6.45, 7) is 0. The van der Waals surface area contributed by atoms with Gasteiger partial charge in [0.1, 0.15) is 0 Å². The van der Waals surface area contributed by atoms with Gasteiger partial charge in [-0.25, -0.2) is 0 Å². The molecule has 1 fully saturated rings. The van der Waals surface area contributed by atoms with Crippen molar-refractivity contribution in [3.63, 3.8) is 0 Å². The van der Waals surface area contributed by atoms with Gasteiger partial charge in [-0.15, -0.1) is 0 Å². The van der Waals surface area contributed by atoms with Crippen LogP contribution in [-0.4, -0.2) is 32.9 Å². The Morgan fingerprint density at radius 2 is 1.65 bits per heavy atom.